The summed E-state index contributed by atoms with van der Waals surface area (Å²) in [4.78, 5) is 31.8. The summed E-state index contributed by atoms with van der Waals surface area (Å²) < 4.78 is 15.5. The van der Waals surface area contributed by atoms with Crippen LogP contribution in [-0.4, -0.2) is 31.3 Å². The number of anilines is 1. The number of carbonyl (C=O) groups is 2. The molecule has 228 valence electrons. The number of nitrogens with one attached hydrogen (secondary N) is 1. The average Bonchev–Trinajstić information content (AvgIpc) is 3.53. The molecular formula is C32H37ClN4O5S. The standard InChI is InChI=1S/C18H20ClN3O2S.C14H17NO3/c1-10-16(19)17(25-22-10)21-14(23)8-11-5-6-13-12(7-11)20-15(24-13)9-18(2,3)4;1-14(2,3)8-12-15-10-6-9(7-13(16)17)4-5-11(10)18-12/h5-7H,8-9H2,1-4H3,(H,21,23);4-6H,7-8H2,1-3H3,(H,16,17). The lowest BCUT2D eigenvalue weighted by Gasteiger charge is -2.14. The summed E-state index contributed by atoms with van der Waals surface area (Å²) in [6.45, 7) is 14.6. The summed E-state index contributed by atoms with van der Waals surface area (Å²) >= 11 is 7.29. The number of carboxylic acids is 1. The van der Waals surface area contributed by atoms with E-state index in [0.29, 0.717) is 21.5 Å². The molecule has 0 atom stereocenters. The maximum Gasteiger partial charge on any atom is 0.307 e. The molecule has 2 N–H and O–H groups in total. The van der Waals surface area contributed by atoms with E-state index in [2.05, 4.69) is 61.2 Å². The largest absolute Gasteiger partial charge is 0.481 e. The second-order valence-corrected chi connectivity index (χ2v) is 14.2. The van der Waals surface area contributed by atoms with Gasteiger partial charge in [0, 0.05) is 12.8 Å². The Labute approximate surface area is 259 Å². The number of rotatable bonds is 7. The van der Waals surface area contributed by atoms with Crippen molar-refractivity contribution >= 4 is 62.2 Å². The zero-order valence-corrected chi connectivity index (χ0v) is 27.1. The molecule has 3 heterocycles. The summed E-state index contributed by atoms with van der Waals surface area (Å²) in [5.74, 6) is 0.442. The van der Waals surface area contributed by atoms with E-state index in [1.54, 1.807) is 18.2 Å². The molecule has 5 rings (SSSR count). The first kappa shape index (κ1) is 32.2. The van der Waals surface area contributed by atoms with Crippen LogP contribution in [0.2, 0.25) is 5.02 Å². The number of halogens is 1. The molecule has 11 heteroatoms. The van der Waals surface area contributed by atoms with Gasteiger partial charge >= 0.3 is 5.97 Å². The van der Waals surface area contributed by atoms with Crippen LogP contribution in [-0.2, 0) is 35.3 Å². The normalized spacial score (nSPS) is 11.9. The molecule has 1 amide bonds. The Morgan fingerprint density at radius 2 is 1.35 bits per heavy atom. The maximum absolute atomic E-state index is 12.2. The monoisotopic (exact) mass is 624 g/mol. The molecule has 43 heavy (non-hydrogen) atoms. The molecule has 0 radical (unpaired) electrons. The smallest absolute Gasteiger partial charge is 0.307 e. The number of carbonyl (C=O) groups excluding carboxylic acids is 1. The number of carboxylic acid groups (broad SMARTS) is 1. The molecule has 9 nitrogen and oxygen atoms in total. The lowest BCUT2D eigenvalue weighted by molar-refractivity contribution is -0.136. The highest BCUT2D eigenvalue weighted by Gasteiger charge is 2.18. The fourth-order valence-electron chi connectivity index (χ4n) is 4.29. The summed E-state index contributed by atoms with van der Waals surface area (Å²) in [5.41, 5.74) is 5.51. The minimum atomic E-state index is -0.840. The van der Waals surface area contributed by atoms with Crippen LogP contribution in [0, 0.1) is 17.8 Å². The zero-order chi connectivity index (χ0) is 31.5. The van der Waals surface area contributed by atoms with Gasteiger partial charge in [-0.15, -0.1) is 0 Å². The van der Waals surface area contributed by atoms with Gasteiger partial charge in [0.25, 0.3) is 0 Å². The van der Waals surface area contributed by atoms with Crippen molar-refractivity contribution in [2.24, 2.45) is 10.8 Å². The minimum absolute atomic E-state index is 0.0113. The van der Waals surface area contributed by atoms with Crippen LogP contribution in [0.4, 0.5) is 5.00 Å². The maximum atomic E-state index is 12.2. The highest BCUT2D eigenvalue weighted by atomic mass is 35.5. The predicted octanol–water partition coefficient (Wildman–Crippen LogP) is 8.06. The average molecular weight is 625 g/mol. The molecular weight excluding hydrogens is 588 g/mol. The van der Waals surface area contributed by atoms with E-state index >= 15 is 0 Å². The summed E-state index contributed by atoms with van der Waals surface area (Å²) in [6, 6.07) is 11.0. The molecule has 0 saturated carbocycles. The van der Waals surface area contributed by atoms with Crippen molar-refractivity contribution in [2.45, 2.75) is 74.1 Å². The van der Waals surface area contributed by atoms with Crippen molar-refractivity contribution in [1.29, 1.82) is 0 Å². The van der Waals surface area contributed by atoms with E-state index in [9.17, 15) is 9.59 Å². The van der Waals surface area contributed by atoms with Gasteiger partial charge in [-0.25, -0.2) is 9.97 Å². The number of aryl methyl sites for hydroxylation is 1. The van der Waals surface area contributed by atoms with E-state index in [-0.39, 0.29) is 29.6 Å². The Bertz CT molecular complexity index is 1760. The van der Waals surface area contributed by atoms with E-state index in [0.717, 1.165) is 52.2 Å². The fourth-order valence-corrected chi connectivity index (χ4v) is 5.24. The Morgan fingerprint density at radius 1 is 0.860 bits per heavy atom. The SMILES string of the molecule is CC(C)(C)Cc1nc2cc(CC(=O)O)ccc2o1.Cc1nsc(NC(=O)Cc2ccc3oc(CC(C)(C)C)nc3c2)c1Cl. The number of aromatic nitrogens is 3. The number of benzene rings is 2. The van der Waals surface area contributed by atoms with E-state index in [1.807, 2.05) is 25.1 Å². The van der Waals surface area contributed by atoms with Crippen molar-refractivity contribution in [3.05, 3.63) is 70.0 Å². The van der Waals surface area contributed by atoms with Crippen molar-refractivity contribution in [3.63, 3.8) is 0 Å². The second kappa shape index (κ2) is 12.9. The topological polar surface area (TPSA) is 131 Å². The van der Waals surface area contributed by atoms with Gasteiger partial charge in [0.15, 0.2) is 22.9 Å². The molecule has 3 aromatic heterocycles. The van der Waals surface area contributed by atoms with Crippen molar-refractivity contribution in [1.82, 2.24) is 14.3 Å². The molecule has 0 spiro atoms. The molecule has 2 aromatic carbocycles. The van der Waals surface area contributed by atoms with Crippen LogP contribution < -0.4 is 5.32 Å². The first-order valence-corrected chi connectivity index (χ1v) is 15.1. The summed E-state index contributed by atoms with van der Waals surface area (Å²) in [6.07, 6.45) is 1.78. The van der Waals surface area contributed by atoms with Gasteiger partial charge in [0.2, 0.25) is 5.91 Å². The van der Waals surface area contributed by atoms with Gasteiger partial charge in [0.05, 0.1) is 23.6 Å². The van der Waals surface area contributed by atoms with Gasteiger partial charge in [0.1, 0.15) is 16.0 Å². The quantitative estimate of drug-likeness (QED) is 0.186. The summed E-state index contributed by atoms with van der Waals surface area (Å²) in [7, 11) is 0. The Morgan fingerprint density at radius 3 is 1.77 bits per heavy atom. The number of fused-ring (bicyclic) bond motifs is 2. The molecule has 0 bridgehead atoms. The zero-order valence-electron chi connectivity index (χ0n) is 25.5. The van der Waals surface area contributed by atoms with Gasteiger partial charge in [-0.3, -0.25) is 9.59 Å². The third-order valence-electron chi connectivity index (χ3n) is 6.12. The third-order valence-corrected chi connectivity index (χ3v) is 7.55. The molecule has 5 aromatic rings. The summed E-state index contributed by atoms with van der Waals surface area (Å²) in [5, 5.41) is 12.6. The van der Waals surface area contributed by atoms with Crippen LogP contribution >= 0.6 is 23.1 Å². The van der Waals surface area contributed by atoms with Crippen LogP contribution in [0.15, 0.2) is 45.2 Å². The van der Waals surface area contributed by atoms with Gasteiger partial charge in [-0.2, -0.15) is 4.37 Å². The first-order valence-electron chi connectivity index (χ1n) is 13.9. The molecule has 0 aliphatic heterocycles. The minimum Gasteiger partial charge on any atom is -0.481 e. The lowest BCUT2D eigenvalue weighted by atomic mass is 9.92. The van der Waals surface area contributed by atoms with Gasteiger partial charge in [-0.05, 0) is 64.7 Å². The number of nitrogens with zero attached hydrogens (tertiary/aromatic N) is 3. The lowest BCUT2D eigenvalue weighted by Crippen LogP contribution is -2.13. The number of aliphatic carboxylic acids is 1. The van der Waals surface area contributed by atoms with E-state index < -0.39 is 5.97 Å². The number of hydrogen-bond donors (Lipinski definition) is 2. The number of amides is 1. The highest BCUT2D eigenvalue weighted by Crippen LogP contribution is 2.30. The number of oxazole rings is 2. The molecule has 0 aliphatic carbocycles. The molecule has 0 saturated heterocycles. The fraction of sp³-hybridized carbons (Fsp3) is 0.406. The molecule has 0 fully saturated rings. The first-order chi connectivity index (χ1) is 20.0. The van der Waals surface area contributed by atoms with Gasteiger partial charge < -0.3 is 19.3 Å². The Balaban J connectivity index is 0.000000208. The third kappa shape index (κ3) is 9.36. The van der Waals surface area contributed by atoms with Crippen LogP contribution in [0.3, 0.4) is 0 Å². The Kier molecular flexibility index (Phi) is 9.61. The van der Waals surface area contributed by atoms with E-state index in [4.69, 9.17) is 25.5 Å². The van der Waals surface area contributed by atoms with E-state index in [1.165, 1.54) is 11.5 Å². The molecule has 0 unspecified atom stereocenters. The highest BCUT2D eigenvalue weighted by molar-refractivity contribution is 7.11. The molecule has 0 aliphatic rings. The van der Waals surface area contributed by atoms with Gasteiger partial charge in [-0.1, -0.05) is 65.3 Å². The van der Waals surface area contributed by atoms with Crippen molar-refractivity contribution < 1.29 is 23.5 Å². The van der Waals surface area contributed by atoms with Crippen LogP contribution in [0.1, 0.15) is 70.1 Å². The van der Waals surface area contributed by atoms with Crippen LogP contribution in [0.5, 0.6) is 0 Å². The van der Waals surface area contributed by atoms with Crippen LogP contribution in [0.25, 0.3) is 22.2 Å². The predicted molar refractivity (Wildman–Crippen MR) is 170 cm³/mol. The second-order valence-electron chi connectivity index (χ2n) is 13.0. The van der Waals surface area contributed by atoms with Crippen molar-refractivity contribution in [3.8, 4) is 0 Å². The Hall–Kier alpha value is -3.76. The number of hydrogen-bond acceptors (Lipinski definition) is 8. The van der Waals surface area contributed by atoms with Crippen molar-refractivity contribution in [2.75, 3.05) is 5.32 Å².